The number of sulfonamides is 1. The molecule has 0 fully saturated rings. The lowest BCUT2D eigenvalue weighted by Gasteiger charge is -2.07. The zero-order valence-electron chi connectivity index (χ0n) is 13.1. The second-order valence-corrected chi connectivity index (χ2v) is 8.05. The normalized spacial score (nSPS) is 11.9. The second-order valence-electron chi connectivity index (χ2n) is 5.29. The van der Waals surface area contributed by atoms with Crippen LogP contribution in [-0.4, -0.2) is 18.0 Å². The lowest BCUT2D eigenvalue weighted by Crippen LogP contribution is -2.23. The van der Waals surface area contributed by atoms with Crippen molar-refractivity contribution in [3.05, 3.63) is 58.0 Å². The topological polar surface area (TPSA) is 81.1 Å². The van der Waals surface area contributed by atoms with Crippen LogP contribution >= 0.6 is 11.3 Å². The Hall–Kier alpha value is -2.03. The van der Waals surface area contributed by atoms with E-state index in [0.717, 1.165) is 23.3 Å². The van der Waals surface area contributed by atoms with Gasteiger partial charge >= 0.3 is 4.87 Å². The van der Waals surface area contributed by atoms with Crippen LogP contribution in [0.3, 0.4) is 0 Å². The minimum atomic E-state index is -3.66. The second kappa shape index (κ2) is 6.84. The molecular formula is C16H17N3O3S2. The summed E-state index contributed by atoms with van der Waals surface area (Å²) in [7, 11) is -3.66. The molecule has 0 atom stereocenters. The molecule has 0 saturated heterocycles. The van der Waals surface area contributed by atoms with Crippen LogP contribution in [0, 0.1) is 0 Å². The van der Waals surface area contributed by atoms with Gasteiger partial charge in [0.1, 0.15) is 0 Å². The van der Waals surface area contributed by atoms with Gasteiger partial charge in [0.15, 0.2) is 0 Å². The van der Waals surface area contributed by atoms with Crippen molar-refractivity contribution in [2.24, 2.45) is 0 Å². The van der Waals surface area contributed by atoms with E-state index in [0.29, 0.717) is 16.9 Å². The van der Waals surface area contributed by atoms with Crippen molar-refractivity contribution in [1.29, 1.82) is 0 Å². The molecule has 0 spiro atoms. The van der Waals surface area contributed by atoms with Crippen molar-refractivity contribution >= 4 is 31.6 Å². The summed E-state index contributed by atoms with van der Waals surface area (Å²) in [5.41, 5.74) is 1.41. The fraction of sp³-hybridized carbons (Fsp3) is 0.250. The third kappa shape index (κ3) is 3.40. The van der Waals surface area contributed by atoms with Gasteiger partial charge in [0.25, 0.3) is 0 Å². The van der Waals surface area contributed by atoms with E-state index in [1.54, 1.807) is 41.1 Å². The maximum atomic E-state index is 12.4. The van der Waals surface area contributed by atoms with Crippen molar-refractivity contribution in [1.82, 2.24) is 14.3 Å². The summed E-state index contributed by atoms with van der Waals surface area (Å²) >= 11 is 1.07. The summed E-state index contributed by atoms with van der Waals surface area (Å²) in [6.07, 6.45) is 2.46. The molecule has 0 amide bonds. The number of hydrogen-bond donors (Lipinski definition) is 1. The number of benzene rings is 1. The molecule has 0 bridgehead atoms. The largest absolute Gasteiger partial charge is 0.308 e. The quantitative estimate of drug-likeness (QED) is 0.729. The molecule has 0 radical (unpaired) electrons. The smallest absolute Gasteiger partial charge is 0.299 e. The van der Waals surface area contributed by atoms with Crippen LogP contribution in [-0.2, 0) is 23.1 Å². The molecule has 126 valence electrons. The van der Waals surface area contributed by atoms with E-state index in [1.165, 1.54) is 6.07 Å². The number of fused-ring (bicyclic) bond motifs is 1. The molecule has 3 aromatic rings. The Morgan fingerprint density at radius 3 is 2.79 bits per heavy atom. The van der Waals surface area contributed by atoms with Crippen LogP contribution < -0.4 is 9.60 Å². The van der Waals surface area contributed by atoms with Crippen LogP contribution in [0.2, 0.25) is 0 Å². The summed E-state index contributed by atoms with van der Waals surface area (Å²) in [4.78, 5) is 16.2. The summed E-state index contributed by atoms with van der Waals surface area (Å²) in [5, 5.41) is 0. The average Bonchev–Trinajstić information content (AvgIpc) is 2.89. The number of aromatic nitrogens is 2. The minimum absolute atomic E-state index is 0.0668. The number of hydrogen-bond acceptors (Lipinski definition) is 5. The van der Waals surface area contributed by atoms with E-state index >= 15 is 0 Å². The third-order valence-electron chi connectivity index (χ3n) is 3.57. The van der Waals surface area contributed by atoms with Crippen LogP contribution in [0.15, 0.2) is 52.3 Å². The van der Waals surface area contributed by atoms with Gasteiger partial charge in [0.05, 0.1) is 27.4 Å². The molecule has 1 N–H and O–H groups in total. The van der Waals surface area contributed by atoms with E-state index in [4.69, 9.17) is 0 Å². The maximum Gasteiger partial charge on any atom is 0.308 e. The van der Waals surface area contributed by atoms with Crippen molar-refractivity contribution < 1.29 is 8.42 Å². The number of aryl methyl sites for hydroxylation is 1. The van der Waals surface area contributed by atoms with Crippen molar-refractivity contribution in [3.63, 3.8) is 0 Å². The van der Waals surface area contributed by atoms with Gasteiger partial charge in [-0.25, -0.2) is 13.1 Å². The monoisotopic (exact) mass is 363 g/mol. The highest BCUT2D eigenvalue weighted by Gasteiger charge is 2.16. The zero-order valence-corrected chi connectivity index (χ0v) is 14.7. The van der Waals surface area contributed by atoms with Crippen LogP contribution in [0.25, 0.3) is 10.2 Å². The van der Waals surface area contributed by atoms with E-state index in [1.807, 2.05) is 6.92 Å². The first-order valence-corrected chi connectivity index (χ1v) is 9.84. The number of nitrogens with one attached hydrogen (secondary N) is 1. The standard InChI is InChI=1S/C16H17N3O3S2/c1-2-9-19-14-7-6-13(10-15(14)23-16(19)20)24(21,22)18-11-12-5-3-4-8-17-12/h3-8,10,18H,2,9,11H2,1H3. The molecule has 2 heterocycles. The number of pyridine rings is 1. The Balaban J connectivity index is 1.89. The van der Waals surface area contributed by atoms with Gasteiger partial charge in [-0.15, -0.1) is 0 Å². The highest BCUT2D eigenvalue weighted by Crippen LogP contribution is 2.22. The van der Waals surface area contributed by atoms with Gasteiger partial charge in [-0.3, -0.25) is 14.3 Å². The molecule has 0 saturated carbocycles. The molecule has 0 aliphatic carbocycles. The molecule has 6 nitrogen and oxygen atoms in total. The van der Waals surface area contributed by atoms with E-state index in [2.05, 4.69) is 9.71 Å². The van der Waals surface area contributed by atoms with E-state index in [9.17, 15) is 13.2 Å². The molecule has 3 rings (SSSR count). The summed E-state index contributed by atoms with van der Waals surface area (Å²) in [6.45, 7) is 2.74. The fourth-order valence-electron chi connectivity index (χ4n) is 2.40. The van der Waals surface area contributed by atoms with Crippen molar-refractivity contribution in [2.45, 2.75) is 31.3 Å². The fourth-order valence-corrected chi connectivity index (χ4v) is 4.46. The molecule has 24 heavy (non-hydrogen) atoms. The van der Waals surface area contributed by atoms with Gasteiger partial charge in [-0.1, -0.05) is 24.3 Å². The molecule has 0 aliphatic heterocycles. The number of rotatable bonds is 6. The van der Waals surface area contributed by atoms with Gasteiger partial charge in [-0.2, -0.15) is 0 Å². The summed E-state index contributed by atoms with van der Waals surface area (Å²) < 4.78 is 29.8. The first-order valence-electron chi connectivity index (χ1n) is 7.54. The van der Waals surface area contributed by atoms with Crippen LogP contribution in [0.1, 0.15) is 19.0 Å². The van der Waals surface area contributed by atoms with Crippen molar-refractivity contribution in [3.8, 4) is 0 Å². The van der Waals surface area contributed by atoms with Gasteiger partial charge < -0.3 is 0 Å². The Kier molecular flexibility index (Phi) is 4.79. The molecule has 2 aromatic heterocycles. The van der Waals surface area contributed by atoms with Crippen molar-refractivity contribution in [2.75, 3.05) is 0 Å². The Morgan fingerprint density at radius 1 is 1.25 bits per heavy atom. The maximum absolute atomic E-state index is 12.4. The SMILES string of the molecule is CCCn1c(=O)sc2cc(S(=O)(=O)NCc3ccccn3)ccc21. The molecule has 0 unspecified atom stereocenters. The average molecular weight is 363 g/mol. The van der Waals surface area contributed by atoms with Crippen LogP contribution in [0.4, 0.5) is 0 Å². The Morgan fingerprint density at radius 2 is 2.08 bits per heavy atom. The lowest BCUT2D eigenvalue weighted by molar-refractivity contribution is 0.580. The molecule has 8 heteroatoms. The van der Waals surface area contributed by atoms with Gasteiger partial charge in [0.2, 0.25) is 10.0 Å². The predicted octanol–water partition coefficient (Wildman–Crippen LogP) is 2.35. The molecular weight excluding hydrogens is 346 g/mol. The van der Waals surface area contributed by atoms with Gasteiger partial charge in [-0.05, 0) is 36.8 Å². The number of thiazole rings is 1. The predicted molar refractivity (Wildman–Crippen MR) is 94.6 cm³/mol. The molecule has 0 aliphatic rings. The van der Waals surface area contributed by atoms with Gasteiger partial charge in [0, 0.05) is 12.7 Å². The minimum Gasteiger partial charge on any atom is -0.299 e. The van der Waals surface area contributed by atoms with Crippen LogP contribution in [0.5, 0.6) is 0 Å². The third-order valence-corrected chi connectivity index (χ3v) is 5.91. The number of nitrogens with zero attached hydrogens (tertiary/aromatic N) is 2. The zero-order chi connectivity index (χ0) is 17.2. The van der Waals surface area contributed by atoms with E-state index < -0.39 is 10.0 Å². The Bertz CT molecular complexity index is 1010. The first kappa shape index (κ1) is 16.8. The highest BCUT2D eigenvalue weighted by molar-refractivity contribution is 7.89. The highest BCUT2D eigenvalue weighted by atomic mass is 32.2. The summed E-state index contributed by atoms with van der Waals surface area (Å²) in [5.74, 6) is 0. The summed E-state index contributed by atoms with van der Waals surface area (Å²) in [6, 6.07) is 10.1. The lowest BCUT2D eigenvalue weighted by atomic mass is 10.3. The van der Waals surface area contributed by atoms with E-state index in [-0.39, 0.29) is 16.3 Å². The Labute approximate surface area is 143 Å². The molecule has 1 aromatic carbocycles. The first-order chi connectivity index (χ1) is 11.5.